The van der Waals surface area contributed by atoms with Crippen LogP contribution in [0.3, 0.4) is 0 Å². The Hall–Kier alpha value is -2.52. The van der Waals surface area contributed by atoms with Crippen molar-refractivity contribution in [1.82, 2.24) is 0 Å². The third-order valence-corrected chi connectivity index (χ3v) is 3.65. The van der Waals surface area contributed by atoms with Crippen molar-refractivity contribution in [3.8, 4) is 0 Å². The van der Waals surface area contributed by atoms with E-state index >= 15 is 0 Å². The molecule has 1 N–H and O–H groups in total. The molecule has 0 saturated heterocycles. The monoisotopic (exact) mass is 399 g/mol. The third kappa shape index (κ3) is 3.82. The Bertz CT molecular complexity index is 792. The van der Waals surface area contributed by atoms with Crippen LogP contribution in [0.1, 0.15) is 10.4 Å². The Morgan fingerprint density at radius 2 is 1.65 bits per heavy atom. The topological polar surface area (TPSA) is 115 Å². The van der Waals surface area contributed by atoms with Crippen LogP contribution in [0.4, 0.5) is 17.1 Å². The quantitative estimate of drug-likeness (QED) is 0.611. The summed E-state index contributed by atoms with van der Waals surface area (Å²) in [6, 6.07) is 8.41. The third-order valence-electron chi connectivity index (χ3n) is 2.77. The first-order valence-electron chi connectivity index (χ1n) is 5.99. The van der Waals surface area contributed by atoms with Gasteiger partial charge in [0.05, 0.1) is 15.4 Å². The molecule has 2 rings (SSSR count). The lowest BCUT2D eigenvalue weighted by molar-refractivity contribution is -0.393. The van der Waals surface area contributed by atoms with E-state index < -0.39 is 32.2 Å². The van der Waals surface area contributed by atoms with E-state index in [0.29, 0.717) is 10.2 Å². The van der Waals surface area contributed by atoms with E-state index in [0.717, 1.165) is 12.1 Å². The number of carbonyl (C=O) groups excluding carboxylic acids is 1. The molecule has 2 aromatic rings. The SMILES string of the molecule is O=C(Nc1cccc(Br)c1)c1cc([N+](=O)[O-])c(Cl)c([N+](=O)[O-])c1. The molecule has 0 heterocycles. The van der Waals surface area contributed by atoms with Gasteiger partial charge in [0.1, 0.15) is 0 Å². The number of hydrogen-bond acceptors (Lipinski definition) is 5. The zero-order valence-electron chi connectivity index (χ0n) is 11.2. The lowest BCUT2D eigenvalue weighted by Gasteiger charge is -2.06. The Morgan fingerprint density at radius 3 is 2.13 bits per heavy atom. The highest BCUT2D eigenvalue weighted by atomic mass is 79.9. The molecule has 118 valence electrons. The van der Waals surface area contributed by atoms with Crippen molar-refractivity contribution in [3.05, 3.63) is 71.7 Å². The van der Waals surface area contributed by atoms with Crippen molar-refractivity contribution in [2.24, 2.45) is 0 Å². The summed E-state index contributed by atoms with van der Waals surface area (Å²) in [4.78, 5) is 32.3. The fourth-order valence-electron chi connectivity index (χ4n) is 1.76. The van der Waals surface area contributed by atoms with E-state index in [2.05, 4.69) is 21.2 Å². The maximum atomic E-state index is 12.2. The normalized spacial score (nSPS) is 10.2. The number of amides is 1. The molecule has 1 amide bonds. The summed E-state index contributed by atoms with van der Waals surface area (Å²) in [6.45, 7) is 0. The summed E-state index contributed by atoms with van der Waals surface area (Å²) >= 11 is 8.87. The predicted octanol–water partition coefficient (Wildman–Crippen LogP) is 4.17. The second-order valence-corrected chi connectivity index (χ2v) is 5.60. The minimum Gasteiger partial charge on any atom is -0.322 e. The van der Waals surface area contributed by atoms with Crippen LogP contribution in [0.15, 0.2) is 40.9 Å². The Balaban J connectivity index is 2.44. The number of anilines is 1. The van der Waals surface area contributed by atoms with Crippen LogP contribution in [-0.4, -0.2) is 15.8 Å². The molecule has 8 nitrogen and oxygen atoms in total. The van der Waals surface area contributed by atoms with E-state index in [1.165, 1.54) is 0 Å². The summed E-state index contributed by atoms with van der Waals surface area (Å²) in [7, 11) is 0. The van der Waals surface area contributed by atoms with Crippen molar-refractivity contribution >= 4 is 50.5 Å². The molecule has 0 aliphatic carbocycles. The first kappa shape index (κ1) is 16.8. The second-order valence-electron chi connectivity index (χ2n) is 4.31. The minimum atomic E-state index is -0.884. The van der Waals surface area contributed by atoms with Crippen LogP contribution < -0.4 is 5.32 Å². The van der Waals surface area contributed by atoms with Gasteiger partial charge in [-0.2, -0.15) is 0 Å². The second kappa shape index (κ2) is 6.71. The molecule has 0 aliphatic rings. The summed E-state index contributed by atoms with van der Waals surface area (Å²) < 4.78 is 0.711. The predicted molar refractivity (Wildman–Crippen MR) is 86.9 cm³/mol. The smallest absolute Gasteiger partial charge is 0.295 e. The standard InChI is InChI=1S/C13H7BrClN3O5/c14-8-2-1-3-9(6-8)16-13(19)7-4-10(17(20)21)12(15)11(5-7)18(22)23/h1-6H,(H,16,19). The first-order chi connectivity index (χ1) is 10.8. The molecule has 0 fully saturated rings. The summed E-state index contributed by atoms with van der Waals surface area (Å²) in [5.74, 6) is -0.731. The Kier molecular flexibility index (Phi) is 4.92. The van der Waals surface area contributed by atoms with Gasteiger partial charge in [-0.3, -0.25) is 25.0 Å². The van der Waals surface area contributed by atoms with Crippen LogP contribution >= 0.6 is 27.5 Å². The Morgan fingerprint density at radius 1 is 1.09 bits per heavy atom. The summed E-state index contributed by atoms with van der Waals surface area (Å²) in [6.07, 6.45) is 0. The number of nitro groups is 2. The molecular weight excluding hydrogens is 394 g/mol. The zero-order chi connectivity index (χ0) is 17.1. The molecule has 0 spiro atoms. The zero-order valence-corrected chi connectivity index (χ0v) is 13.5. The van der Waals surface area contributed by atoms with Gasteiger partial charge in [-0.15, -0.1) is 0 Å². The number of nitrogens with zero attached hydrogens (tertiary/aromatic N) is 2. The van der Waals surface area contributed by atoms with Crippen molar-refractivity contribution in [1.29, 1.82) is 0 Å². The molecule has 23 heavy (non-hydrogen) atoms. The van der Waals surface area contributed by atoms with E-state index in [1.54, 1.807) is 24.3 Å². The average Bonchev–Trinajstić information content (AvgIpc) is 2.46. The highest BCUT2D eigenvalue weighted by Crippen LogP contribution is 2.35. The van der Waals surface area contributed by atoms with Crippen molar-refractivity contribution < 1.29 is 14.6 Å². The molecular formula is C13H7BrClN3O5. The molecule has 0 atom stereocenters. The van der Waals surface area contributed by atoms with Gasteiger partial charge in [-0.1, -0.05) is 33.6 Å². The van der Waals surface area contributed by atoms with E-state index in [-0.39, 0.29) is 5.56 Å². The lowest BCUT2D eigenvalue weighted by Crippen LogP contribution is -2.13. The Labute approximate surface area is 142 Å². The van der Waals surface area contributed by atoms with Crippen molar-refractivity contribution in [3.63, 3.8) is 0 Å². The maximum Gasteiger partial charge on any atom is 0.295 e. The summed E-state index contributed by atoms with van der Waals surface area (Å²) in [5, 5.41) is 23.7. The average molecular weight is 401 g/mol. The number of nitro benzene ring substituents is 2. The van der Waals surface area contributed by atoms with Crippen LogP contribution in [-0.2, 0) is 0 Å². The van der Waals surface area contributed by atoms with Crippen molar-refractivity contribution in [2.45, 2.75) is 0 Å². The largest absolute Gasteiger partial charge is 0.322 e. The number of halogens is 2. The van der Waals surface area contributed by atoms with Crippen LogP contribution in [0.2, 0.25) is 5.02 Å². The molecule has 0 bridgehead atoms. The molecule has 0 radical (unpaired) electrons. The van der Waals surface area contributed by atoms with Gasteiger partial charge in [0.2, 0.25) is 0 Å². The number of carbonyl (C=O) groups is 1. The number of hydrogen-bond donors (Lipinski definition) is 1. The highest BCUT2D eigenvalue weighted by molar-refractivity contribution is 9.10. The van der Waals surface area contributed by atoms with Gasteiger partial charge in [-0.25, -0.2) is 0 Å². The van der Waals surface area contributed by atoms with Crippen LogP contribution in [0, 0.1) is 20.2 Å². The van der Waals surface area contributed by atoms with Crippen molar-refractivity contribution in [2.75, 3.05) is 5.32 Å². The van der Waals surface area contributed by atoms with Crippen LogP contribution in [0.5, 0.6) is 0 Å². The molecule has 0 unspecified atom stereocenters. The molecule has 10 heteroatoms. The van der Waals surface area contributed by atoms with E-state index in [1.807, 2.05) is 0 Å². The van der Waals surface area contributed by atoms with Gasteiger partial charge in [0, 0.05) is 22.3 Å². The van der Waals surface area contributed by atoms with Gasteiger partial charge < -0.3 is 5.32 Å². The number of rotatable bonds is 4. The van der Waals surface area contributed by atoms with Gasteiger partial charge >= 0.3 is 0 Å². The minimum absolute atomic E-state index is 0.243. The fourth-order valence-corrected chi connectivity index (χ4v) is 2.41. The molecule has 0 aliphatic heterocycles. The summed E-state index contributed by atoms with van der Waals surface area (Å²) in [5.41, 5.74) is -1.24. The van der Waals surface area contributed by atoms with E-state index in [9.17, 15) is 25.0 Å². The first-order valence-corrected chi connectivity index (χ1v) is 7.16. The number of benzene rings is 2. The van der Waals surface area contributed by atoms with Gasteiger partial charge in [0.15, 0.2) is 5.02 Å². The molecule has 0 saturated carbocycles. The molecule has 2 aromatic carbocycles. The molecule has 0 aromatic heterocycles. The highest BCUT2D eigenvalue weighted by Gasteiger charge is 2.27. The number of nitrogens with one attached hydrogen (secondary N) is 1. The maximum absolute atomic E-state index is 12.2. The lowest BCUT2D eigenvalue weighted by atomic mass is 10.1. The van der Waals surface area contributed by atoms with Gasteiger partial charge in [-0.05, 0) is 18.2 Å². The van der Waals surface area contributed by atoms with Crippen LogP contribution in [0.25, 0.3) is 0 Å². The fraction of sp³-hybridized carbons (Fsp3) is 0. The van der Waals surface area contributed by atoms with E-state index in [4.69, 9.17) is 11.6 Å². The van der Waals surface area contributed by atoms with Gasteiger partial charge in [0.25, 0.3) is 17.3 Å².